The Morgan fingerprint density at radius 1 is 1.26 bits per heavy atom. The minimum absolute atomic E-state index is 0.107. The quantitative estimate of drug-likeness (QED) is 0.695. The number of hydrogen-bond donors (Lipinski definition) is 3. The van der Waals surface area contributed by atoms with Gasteiger partial charge in [-0.05, 0) is 24.1 Å². The molecule has 19 heavy (non-hydrogen) atoms. The van der Waals surface area contributed by atoms with Gasteiger partial charge < -0.3 is 16.4 Å². The van der Waals surface area contributed by atoms with Crippen molar-refractivity contribution < 1.29 is 9.59 Å². The normalized spacial score (nSPS) is 10.1. The summed E-state index contributed by atoms with van der Waals surface area (Å²) >= 11 is 5.43. The average Bonchev–Trinajstić information content (AvgIpc) is 2.39. The maximum atomic E-state index is 11.6. The molecule has 0 aliphatic carbocycles. The standard InChI is InChI=1S/C13H18ClN3O2/c1-2-9-3-4-10(16-13(19)8-14)7-11(9)17-12(18)5-6-15/h3-4,7H,2,5-6,8,15H2,1H3,(H,16,19)(H,17,18). The highest BCUT2D eigenvalue weighted by molar-refractivity contribution is 6.29. The average molecular weight is 284 g/mol. The lowest BCUT2D eigenvalue weighted by Gasteiger charge is -2.12. The van der Waals surface area contributed by atoms with Gasteiger partial charge in [0.05, 0.1) is 0 Å². The van der Waals surface area contributed by atoms with E-state index in [0.29, 0.717) is 17.9 Å². The van der Waals surface area contributed by atoms with E-state index in [1.807, 2.05) is 13.0 Å². The number of alkyl halides is 1. The van der Waals surface area contributed by atoms with Gasteiger partial charge in [-0.1, -0.05) is 13.0 Å². The fourth-order valence-corrected chi connectivity index (χ4v) is 1.68. The first-order chi connectivity index (χ1) is 9.10. The van der Waals surface area contributed by atoms with E-state index < -0.39 is 0 Å². The van der Waals surface area contributed by atoms with E-state index >= 15 is 0 Å². The van der Waals surface area contributed by atoms with Gasteiger partial charge in [0.2, 0.25) is 11.8 Å². The largest absolute Gasteiger partial charge is 0.330 e. The van der Waals surface area contributed by atoms with E-state index in [1.54, 1.807) is 12.1 Å². The number of nitrogens with two attached hydrogens (primary N) is 1. The monoisotopic (exact) mass is 283 g/mol. The van der Waals surface area contributed by atoms with Crippen molar-refractivity contribution in [1.82, 2.24) is 0 Å². The van der Waals surface area contributed by atoms with Crippen LogP contribution in [0.4, 0.5) is 11.4 Å². The number of anilines is 2. The zero-order valence-corrected chi connectivity index (χ0v) is 11.6. The molecule has 0 saturated carbocycles. The molecule has 0 atom stereocenters. The fourth-order valence-electron chi connectivity index (χ4n) is 1.62. The molecule has 1 aromatic rings. The number of amides is 2. The molecular weight excluding hydrogens is 266 g/mol. The van der Waals surface area contributed by atoms with Gasteiger partial charge in [0, 0.05) is 24.3 Å². The van der Waals surface area contributed by atoms with E-state index in [1.165, 1.54) is 0 Å². The van der Waals surface area contributed by atoms with Crippen molar-refractivity contribution in [2.75, 3.05) is 23.1 Å². The molecule has 0 saturated heterocycles. The lowest BCUT2D eigenvalue weighted by molar-refractivity contribution is -0.116. The second kappa shape index (κ2) is 7.76. The van der Waals surface area contributed by atoms with Gasteiger partial charge in [0.15, 0.2) is 0 Å². The maximum absolute atomic E-state index is 11.6. The molecule has 0 aliphatic rings. The van der Waals surface area contributed by atoms with Crippen molar-refractivity contribution >= 4 is 34.8 Å². The van der Waals surface area contributed by atoms with Gasteiger partial charge in [0.1, 0.15) is 5.88 Å². The summed E-state index contributed by atoms with van der Waals surface area (Å²) in [7, 11) is 0. The molecule has 0 bridgehead atoms. The Balaban J connectivity index is 2.89. The van der Waals surface area contributed by atoms with Crippen LogP contribution in [-0.4, -0.2) is 24.2 Å². The van der Waals surface area contributed by atoms with E-state index in [2.05, 4.69) is 10.6 Å². The van der Waals surface area contributed by atoms with Crippen molar-refractivity contribution in [1.29, 1.82) is 0 Å². The Kier molecular flexibility index (Phi) is 6.32. The second-order valence-electron chi connectivity index (χ2n) is 3.99. The van der Waals surface area contributed by atoms with Crippen LogP contribution in [0.15, 0.2) is 18.2 Å². The number of carbonyl (C=O) groups excluding carboxylic acids is 2. The van der Waals surface area contributed by atoms with Crippen molar-refractivity contribution in [2.45, 2.75) is 19.8 Å². The molecule has 0 spiro atoms. The number of rotatable bonds is 6. The molecule has 0 aromatic heterocycles. The second-order valence-corrected chi connectivity index (χ2v) is 4.26. The van der Waals surface area contributed by atoms with Gasteiger partial charge in [-0.25, -0.2) is 0 Å². The van der Waals surface area contributed by atoms with Crippen LogP contribution in [0.5, 0.6) is 0 Å². The highest BCUT2D eigenvalue weighted by atomic mass is 35.5. The molecule has 0 heterocycles. The van der Waals surface area contributed by atoms with E-state index in [4.69, 9.17) is 17.3 Å². The number of carbonyl (C=O) groups is 2. The van der Waals surface area contributed by atoms with E-state index in [-0.39, 0.29) is 24.1 Å². The van der Waals surface area contributed by atoms with Crippen LogP contribution < -0.4 is 16.4 Å². The van der Waals surface area contributed by atoms with Crippen LogP contribution in [0.3, 0.4) is 0 Å². The molecule has 0 unspecified atom stereocenters. The van der Waals surface area contributed by atoms with Crippen LogP contribution in [0.2, 0.25) is 0 Å². The van der Waals surface area contributed by atoms with Crippen molar-refractivity contribution in [3.05, 3.63) is 23.8 Å². The Hall–Kier alpha value is -1.59. The van der Waals surface area contributed by atoms with Gasteiger partial charge in [0.25, 0.3) is 0 Å². The first-order valence-corrected chi connectivity index (χ1v) is 6.62. The van der Waals surface area contributed by atoms with Crippen molar-refractivity contribution in [3.63, 3.8) is 0 Å². The summed E-state index contributed by atoms with van der Waals surface area (Å²) in [5.74, 6) is -0.534. The van der Waals surface area contributed by atoms with Crippen molar-refractivity contribution in [2.24, 2.45) is 5.73 Å². The van der Waals surface area contributed by atoms with Crippen LogP contribution in [0.25, 0.3) is 0 Å². The summed E-state index contributed by atoms with van der Waals surface area (Å²) < 4.78 is 0. The zero-order valence-electron chi connectivity index (χ0n) is 10.8. The smallest absolute Gasteiger partial charge is 0.239 e. The Labute approximate surface area is 117 Å². The predicted octanol–water partition coefficient (Wildman–Crippen LogP) is 1.71. The van der Waals surface area contributed by atoms with Gasteiger partial charge in [-0.15, -0.1) is 11.6 Å². The molecule has 104 valence electrons. The summed E-state index contributed by atoms with van der Waals surface area (Å²) in [5.41, 5.74) is 7.62. The molecule has 5 nitrogen and oxygen atoms in total. The van der Waals surface area contributed by atoms with E-state index in [9.17, 15) is 9.59 Å². The number of aryl methyl sites for hydroxylation is 1. The fraction of sp³-hybridized carbons (Fsp3) is 0.385. The summed E-state index contributed by atoms with van der Waals surface area (Å²) in [4.78, 5) is 22.8. The third-order valence-corrected chi connectivity index (χ3v) is 2.78. The molecule has 2 amide bonds. The predicted molar refractivity (Wildman–Crippen MR) is 77.5 cm³/mol. The van der Waals surface area contributed by atoms with Crippen LogP contribution >= 0.6 is 11.6 Å². The van der Waals surface area contributed by atoms with Gasteiger partial charge >= 0.3 is 0 Å². The van der Waals surface area contributed by atoms with Crippen LogP contribution in [0, 0.1) is 0 Å². The van der Waals surface area contributed by atoms with Crippen LogP contribution in [0.1, 0.15) is 18.9 Å². The zero-order chi connectivity index (χ0) is 14.3. The molecule has 0 radical (unpaired) electrons. The minimum Gasteiger partial charge on any atom is -0.330 e. The molecule has 6 heteroatoms. The lowest BCUT2D eigenvalue weighted by Crippen LogP contribution is -2.18. The molecular formula is C13H18ClN3O2. The molecule has 0 fully saturated rings. The van der Waals surface area contributed by atoms with Gasteiger partial charge in [-0.2, -0.15) is 0 Å². The first kappa shape index (κ1) is 15.5. The molecule has 4 N–H and O–H groups in total. The maximum Gasteiger partial charge on any atom is 0.239 e. The summed E-state index contributed by atoms with van der Waals surface area (Å²) in [5, 5.41) is 5.43. The highest BCUT2D eigenvalue weighted by Crippen LogP contribution is 2.22. The first-order valence-electron chi connectivity index (χ1n) is 6.09. The Bertz CT molecular complexity index is 463. The lowest BCUT2D eigenvalue weighted by atomic mass is 10.1. The third-order valence-electron chi connectivity index (χ3n) is 2.54. The Morgan fingerprint density at radius 3 is 2.58 bits per heavy atom. The molecule has 1 rings (SSSR count). The molecule has 0 aliphatic heterocycles. The topological polar surface area (TPSA) is 84.2 Å². The van der Waals surface area contributed by atoms with Gasteiger partial charge in [-0.3, -0.25) is 9.59 Å². The number of nitrogens with one attached hydrogen (secondary N) is 2. The number of benzene rings is 1. The minimum atomic E-state index is -0.287. The van der Waals surface area contributed by atoms with E-state index in [0.717, 1.165) is 12.0 Å². The Morgan fingerprint density at radius 2 is 2.00 bits per heavy atom. The van der Waals surface area contributed by atoms with Crippen molar-refractivity contribution in [3.8, 4) is 0 Å². The number of hydrogen-bond acceptors (Lipinski definition) is 3. The highest BCUT2D eigenvalue weighted by Gasteiger charge is 2.08. The summed E-state index contributed by atoms with van der Waals surface area (Å²) in [6.45, 7) is 2.29. The summed E-state index contributed by atoms with van der Waals surface area (Å²) in [6, 6.07) is 5.36. The summed E-state index contributed by atoms with van der Waals surface area (Å²) in [6.07, 6.45) is 1.05. The molecule has 1 aromatic carbocycles. The SMILES string of the molecule is CCc1ccc(NC(=O)CCl)cc1NC(=O)CCN. The third kappa shape index (κ3) is 4.89. The van der Waals surface area contributed by atoms with Crippen LogP contribution in [-0.2, 0) is 16.0 Å². The number of halogens is 1.